The molecule has 0 atom stereocenters. The molecule has 21 heavy (non-hydrogen) atoms. The van der Waals surface area contributed by atoms with E-state index in [0.29, 0.717) is 6.54 Å². The Morgan fingerprint density at radius 1 is 1.24 bits per heavy atom. The van der Waals surface area contributed by atoms with E-state index in [1.807, 2.05) is 18.2 Å². The summed E-state index contributed by atoms with van der Waals surface area (Å²) in [5.74, 6) is 0.00275. The van der Waals surface area contributed by atoms with E-state index in [1.165, 1.54) is 0 Å². The van der Waals surface area contributed by atoms with Crippen molar-refractivity contribution in [2.24, 2.45) is 0 Å². The van der Waals surface area contributed by atoms with Crippen LogP contribution in [0.5, 0.6) is 0 Å². The van der Waals surface area contributed by atoms with Crippen LogP contribution in [-0.4, -0.2) is 54.8 Å². The molecule has 5 nitrogen and oxygen atoms in total. The topological polar surface area (TPSA) is 52.6 Å². The van der Waals surface area contributed by atoms with Crippen LogP contribution in [0.15, 0.2) is 18.2 Å². The van der Waals surface area contributed by atoms with E-state index < -0.39 is 0 Å². The number of carbonyl (C=O) groups is 2. The lowest BCUT2D eigenvalue weighted by Crippen LogP contribution is -2.38. The lowest BCUT2D eigenvalue weighted by Gasteiger charge is -2.24. The Balaban J connectivity index is 1.86. The molecule has 2 aliphatic heterocycles. The minimum absolute atomic E-state index is 0.0146. The zero-order chi connectivity index (χ0) is 14.8. The normalized spacial score (nSPS) is 18.8. The quantitative estimate of drug-likeness (QED) is 0.848. The molecule has 0 spiro atoms. The fourth-order valence-corrected chi connectivity index (χ4v) is 3.04. The van der Waals surface area contributed by atoms with Gasteiger partial charge in [0.2, 0.25) is 5.91 Å². The molecular formula is C16H21N3O2. The largest absolute Gasteiger partial charge is 0.385 e. The third kappa shape index (κ3) is 2.73. The molecule has 0 bridgehead atoms. The Kier molecular flexibility index (Phi) is 3.82. The maximum atomic E-state index is 12.8. The number of carbonyl (C=O) groups excluding carboxylic acids is 2. The minimum Gasteiger partial charge on any atom is -0.385 e. The molecule has 1 saturated heterocycles. The predicted molar refractivity (Wildman–Crippen MR) is 81.4 cm³/mol. The van der Waals surface area contributed by atoms with Gasteiger partial charge in [0.05, 0.1) is 0 Å². The molecule has 112 valence electrons. The van der Waals surface area contributed by atoms with Crippen molar-refractivity contribution in [3.05, 3.63) is 29.3 Å². The van der Waals surface area contributed by atoms with Crippen molar-refractivity contribution in [3.8, 4) is 0 Å². The molecule has 0 radical (unpaired) electrons. The highest BCUT2D eigenvalue weighted by Gasteiger charge is 2.26. The van der Waals surface area contributed by atoms with Crippen LogP contribution in [0.25, 0.3) is 0 Å². The molecule has 2 aliphatic rings. The van der Waals surface area contributed by atoms with Gasteiger partial charge in [0.15, 0.2) is 0 Å². The first-order valence-electron chi connectivity index (χ1n) is 7.56. The first kappa shape index (κ1) is 13.9. The van der Waals surface area contributed by atoms with Crippen molar-refractivity contribution in [2.45, 2.75) is 19.3 Å². The number of fused-ring (bicyclic) bond motifs is 1. The van der Waals surface area contributed by atoms with Crippen LogP contribution in [0, 0.1) is 0 Å². The number of likely N-dealkylation sites (N-methyl/N-ethyl adjacent to an activating group) is 1. The summed E-state index contributed by atoms with van der Waals surface area (Å²) in [5, 5.41) is 3.34. The third-order valence-corrected chi connectivity index (χ3v) is 4.29. The van der Waals surface area contributed by atoms with E-state index in [9.17, 15) is 9.59 Å². The van der Waals surface area contributed by atoms with E-state index in [2.05, 4.69) is 5.32 Å². The second kappa shape index (κ2) is 5.76. The van der Waals surface area contributed by atoms with E-state index in [0.717, 1.165) is 49.2 Å². The molecule has 1 N–H and O–H groups in total. The molecule has 0 unspecified atom stereocenters. The van der Waals surface area contributed by atoms with E-state index in [-0.39, 0.29) is 18.4 Å². The molecule has 1 aromatic rings. The van der Waals surface area contributed by atoms with Gasteiger partial charge in [-0.05, 0) is 37.0 Å². The van der Waals surface area contributed by atoms with Gasteiger partial charge >= 0.3 is 0 Å². The average Bonchev–Trinajstić information content (AvgIpc) is 2.68. The van der Waals surface area contributed by atoms with E-state index in [1.54, 1.807) is 16.8 Å². The second-order valence-corrected chi connectivity index (χ2v) is 5.76. The van der Waals surface area contributed by atoms with Crippen LogP contribution in [0.2, 0.25) is 0 Å². The maximum absolute atomic E-state index is 12.8. The van der Waals surface area contributed by atoms with Crippen molar-refractivity contribution in [1.82, 2.24) is 9.80 Å². The van der Waals surface area contributed by atoms with Gasteiger partial charge < -0.3 is 15.1 Å². The van der Waals surface area contributed by atoms with Crippen molar-refractivity contribution in [1.29, 1.82) is 0 Å². The van der Waals surface area contributed by atoms with Gasteiger partial charge in [-0.1, -0.05) is 6.07 Å². The third-order valence-electron chi connectivity index (χ3n) is 4.29. The van der Waals surface area contributed by atoms with Gasteiger partial charge in [-0.3, -0.25) is 9.59 Å². The molecular weight excluding hydrogens is 266 g/mol. The Morgan fingerprint density at radius 3 is 2.95 bits per heavy atom. The Labute approximate surface area is 124 Å². The Bertz CT molecular complexity index is 571. The molecule has 1 fully saturated rings. The summed E-state index contributed by atoms with van der Waals surface area (Å²) >= 11 is 0. The lowest BCUT2D eigenvalue weighted by atomic mass is 9.97. The van der Waals surface area contributed by atoms with Crippen LogP contribution in [-0.2, 0) is 11.2 Å². The van der Waals surface area contributed by atoms with Gasteiger partial charge in [-0.15, -0.1) is 0 Å². The van der Waals surface area contributed by atoms with Crippen molar-refractivity contribution in [3.63, 3.8) is 0 Å². The molecule has 0 aliphatic carbocycles. The Morgan fingerprint density at radius 2 is 2.10 bits per heavy atom. The maximum Gasteiger partial charge on any atom is 0.254 e. The number of amides is 2. The summed E-state index contributed by atoms with van der Waals surface area (Å²) in [4.78, 5) is 28.2. The first-order valence-corrected chi connectivity index (χ1v) is 7.56. The zero-order valence-corrected chi connectivity index (χ0v) is 12.4. The van der Waals surface area contributed by atoms with Gasteiger partial charge in [-0.25, -0.2) is 0 Å². The predicted octanol–water partition coefficient (Wildman–Crippen LogP) is 1.35. The van der Waals surface area contributed by atoms with Crippen LogP contribution >= 0.6 is 0 Å². The zero-order valence-electron chi connectivity index (χ0n) is 12.4. The standard InChI is InChI=1S/C16H21N3O2/c1-18-9-4-10-19(11-15(18)20)16(21)13-5-2-7-14-12(13)6-3-8-17-14/h2,5,7,17H,3-4,6,8-11H2,1H3. The molecule has 5 heteroatoms. The number of rotatable bonds is 1. The lowest BCUT2D eigenvalue weighted by molar-refractivity contribution is -0.129. The SMILES string of the molecule is CN1CCCN(C(=O)c2cccc3c2CCCN3)CC1=O. The van der Waals surface area contributed by atoms with Gasteiger partial charge in [0.25, 0.3) is 5.91 Å². The highest BCUT2D eigenvalue weighted by Crippen LogP contribution is 2.26. The molecule has 2 heterocycles. The second-order valence-electron chi connectivity index (χ2n) is 5.76. The average molecular weight is 287 g/mol. The van der Waals surface area contributed by atoms with Crippen LogP contribution in [0.1, 0.15) is 28.8 Å². The summed E-state index contributed by atoms with van der Waals surface area (Å²) in [6.45, 7) is 2.51. The van der Waals surface area contributed by atoms with Crippen molar-refractivity contribution < 1.29 is 9.59 Å². The van der Waals surface area contributed by atoms with Crippen molar-refractivity contribution >= 4 is 17.5 Å². The van der Waals surface area contributed by atoms with E-state index in [4.69, 9.17) is 0 Å². The summed E-state index contributed by atoms with van der Waals surface area (Å²) in [5.41, 5.74) is 2.90. The van der Waals surface area contributed by atoms with Crippen molar-refractivity contribution in [2.75, 3.05) is 38.5 Å². The fourth-order valence-electron chi connectivity index (χ4n) is 3.04. The fraction of sp³-hybridized carbons (Fsp3) is 0.500. The highest BCUT2D eigenvalue weighted by atomic mass is 16.2. The monoisotopic (exact) mass is 287 g/mol. The molecule has 1 aromatic carbocycles. The number of hydrogen-bond acceptors (Lipinski definition) is 3. The first-order chi connectivity index (χ1) is 10.2. The molecule has 2 amide bonds. The van der Waals surface area contributed by atoms with Crippen LogP contribution in [0.4, 0.5) is 5.69 Å². The van der Waals surface area contributed by atoms with Gasteiger partial charge in [0, 0.05) is 37.9 Å². The number of nitrogens with zero attached hydrogens (tertiary/aromatic N) is 2. The summed E-state index contributed by atoms with van der Waals surface area (Å²) in [6.07, 6.45) is 2.80. The highest BCUT2D eigenvalue weighted by molar-refractivity contribution is 5.99. The number of anilines is 1. The summed E-state index contributed by atoms with van der Waals surface area (Å²) < 4.78 is 0. The smallest absolute Gasteiger partial charge is 0.254 e. The van der Waals surface area contributed by atoms with Crippen LogP contribution < -0.4 is 5.32 Å². The van der Waals surface area contributed by atoms with Gasteiger partial charge in [0.1, 0.15) is 6.54 Å². The number of benzene rings is 1. The number of nitrogens with one attached hydrogen (secondary N) is 1. The molecule has 0 saturated carbocycles. The van der Waals surface area contributed by atoms with Crippen LogP contribution in [0.3, 0.4) is 0 Å². The van der Waals surface area contributed by atoms with E-state index >= 15 is 0 Å². The Hall–Kier alpha value is -2.04. The molecule has 3 rings (SSSR count). The summed E-state index contributed by atoms with van der Waals surface area (Å²) in [7, 11) is 1.80. The molecule has 0 aromatic heterocycles. The summed E-state index contributed by atoms with van der Waals surface area (Å²) in [6, 6.07) is 5.82. The van der Waals surface area contributed by atoms with Gasteiger partial charge in [-0.2, -0.15) is 0 Å². The minimum atomic E-state index is -0.0146. The number of hydrogen-bond donors (Lipinski definition) is 1.